The minimum Gasteiger partial charge on any atom is -0.456 e. The number of methoxy groups -OCH3 is 1. The molecule has 0 spiro atoms. The van der Waals surface area contributed by atoms with Crippen LogP contribution >= 0.6 is 0 Å². The van der Waals surface area contributed by atoms with E-state index in [1.165, 1.54) is 0 Å². The zero-order valence-electron chi connectivity index (χ0n) is 12.3. The summed E-state index contributed by atoms with van der Waals surface area (Å²) in [5, 5.41) is 7.93. The van der Waals surface area contributed by atoms with E-state index in [0.29, 0.717) is 5.56 Å². The lowest BCUT2D eigenvalue weighted by atomic mass is 9.94. The Morgan fingerprint density at radius 1 is 1.29 bits per heavy atom. The Kier molecular flexibility index (Phi) is 3.88. The van der Waals surface area contributed by atoms with Gasteiger partial charge in [-0.3, -0.25) is 0 Å². The second-order valence-corrected chi connectivity index (χ2v) is 5.42. The van der Waals surface area contributed by atoms with Gasteiger partial charge in [0.15, 0.2) is 0 Å². The van der Waals surface area contributed by atoms with Crippen molar-refractivity contribution >= 4 is 17.0 Å². The molecule has 0 saturated heterocycles. The van der Waals surface area contributed by atoms with Crippen LogP contribution < -0.4 is 0 Å². The van der Waals surface area contributed by atoms with Crippen LogP contribution in [0.4, 0.5) is 0 Å². The van der Waals surface area contributed by atoms with E-state index < -0.39 is 0 Å². The van der Waals surface area contributed by atoms with Crippen molar-refractivity contribution in [1.82, 2.24) is 15.0 Å². The monoisotopic (exact) mass is 289 g/mol. The van der Waals surface area contributed by atoms with Crippen LogP contribution in [0.5, 0.6) is 0 Å². The molecule has 0 bridgehead atoms. The number of aryl methyl sites for hydroxylation is 1. The van der Waals surface area contributed by atoms with Crippen LogP contribution in [0.2, 0.25) is 0 Å². The number of carbonyl (C=O) groups excluding carboxylic acids is 1. The highest BCUT2D eigenvalue weighted by atomic mass is 16.6. The Bertz CT molecular complexity index is 653. The van der Waals surface area contributed by atoms with Crippen LogP contribution in [0.3, 0.4) is 0 Å². The molecule has 0 unspecified atom stereocenters. The highest BCUT2D eigenvalue weighted by Crippen LogP contribution is 2.24. The van der Waals surface area contributed by atoms with Gasteiger partial charge in [0.05, 0.1) is 17.2 Å². The number of nitrogens with zero attached hydrogens (tertiary/aromatic N) is 3. The third-order valence-electron chi connectivity index (χ3n) is 4.05. The molecule has 0 amide bonds. The highest BCUT2D eigenvalue weighted by Gasteiger charge is 2.28. The van der Waals surface area contributed by atoms with Gasteiger partial charge in [0, 0.05) is 14.2 Å². The maximum Gasteiger partial charge on any atom is 0.338 e. The molecule has 1 saturated carbocycles. The first kappa shape index (κ1) is 14.0. The normalized spacial score (nSPS) is 22.4. The molecule has 6 heteroatoms. The number of ether oxygens (including phenoxy) is 2. The molecule has 1 heterocycles. The van der Waals surface area contributed by atoms with Gasteiger partial charge >= 0.3 is 5.97 Å². The Morgan fingerprint density at radius 2 is 2.05 bits per heavy atom. The maximum atomic E-state index is 12.3. The summed E-state index contributed by atoms with van der Waals surface area (Å²) < 4.78 is 12.7. The Hall–Kier alpha value is -1.95. The number of hydrogen-bond acceptors (Lipinski definition) is 5. The summed E-state index contributed by atoms with van der Waals surface area (Å²) in [5.74, 6) is -0.313. The van der Waals surface area contributed by atoms with Crippen LogP contribution in [0, 0.1) is 0 Å². The van der Waals surface area contributed by atoms with Gasteiger partial charge in [-0.05, 0) is 37.5 Å². The van der Waals surface area contributed by atoms with Crippen LogP contribution in [-0.4, -0.2) is 40.3 Å². The van der Waals surface area contributed by atoms with Gasteiger partial charge in [0.25, 0.3) is 0 Å². The Morgan fingerprint density at radius 3 is 2.81 bits per heavy atom. The predicted octanol–water partition coefficient (Wildman–Crippen LogP) is 2.08. The first-order valence-electron chi connectivity index (χ1n) is 7.22. The number of rotatable bonds is 3. The van der Waals surface area contributed by atoms with Gasteiger partial charge in [-0.2, -0.15) is 0 Å². The van der Waals surface area contributed by atoms with Gasteiger partial charge < -0.3 is 9.47 Å². The fourth-order valence-electron chi connectivity index (χ4n) is 2.83. The van der Waals surface area contributed by atoms with E-state index >= 15 is 0 Å². The number of esters is 1. The zero-order chi connectivity index (χ0) is 14.8. The van der Waals surface area contributed by atoms with E-state index in [4.69, 9.17) is 9.47 Å². The summed E-state index contributed by atoms with van der Waals surface area (Å²) >= 11 is 0. The first-order chi connectivity index (χ1) is 10.2. The molecule has 6 nitrogen and oxygen atoms in total. The smallest absolute Gasteiger partial charge is 0.338 e. The van der Waals surface area contributed by atoms with E-state index in [9.17, 15) is 4.79 Å². The predicted molar refractivity (Wildman–Crippen MR) is 77.0 cm³/mol. The molecule has 1 aliphatic rings. The molecule has 1 fully saturated rings. The molecular formula is C15H19N3O3. The minimum absolute atomic E-state index is 0.00445. The number of hydrogen-bond donors (Lipinski definition) is 0. The molecule has 2 atom stereocenters. The van der Waals surface area contributed by atoms with E-state index in [1.807, 2.05) is 0 Å². The standard InChI is InChI=1S/C15H19N3O3/c1-18-12-9-10(7-8-11(12)16-17-18)15(19)21-14-6-4-3-5-13(14)20-2/h7-9,13-14H,3-6H2,1-2H3/t13-,14+/m0/s1. The SMILES string of the molecule is CO[C@H]1CCCC[C@H]1OC(=O)c1ccc2nnn(C)c2c1. The molecule has 1 aromatic carbocycles. The van der Waals surface area contributed by atoms with Gasteiger partial charge in [-0.25, -0.2) is 9.48 Å². The number of carbonyl (C=O) groups is 1. The van der Waals surface area contributed by atoms with Crippen molar-refractivity contribution in [2.75, 3.05) is 7.11 Å². The summed E-state index contributed by atoms with van der Waals surface area (Å²) in [7, 11) is 3.47. The summed E-state index contributed by atoms with van der Waals surface area (Å²) in [5.41, 5.74) is 2.10. The fraction of sp³-hybridized carbons (Fsp3) is 0.533. The minimum atomic E-state index is -0.313. The molecule has 0 aliphatic heterocycles. The van der Waals surface area contributed by atoms with E-state index in [0.717, 1.165) is 36.7 Å². The van der Waals surface area contributed by atoms with Crippen molar-refractivity contribution in [3.63, 3.8) is 0 Å². The molecular weight excluding hydrogens is 270 g/mol. The topological polar surface area (TPSA) is 66.2 Å². The van der Waals surface area contributed by atoms with Crippen molar-refractivity contribution in [3.05, 3.63) is 23.8 Å². The maximum absolute atomic E-state index is 12.3. The van der Waals surface area contributed by atoms with Crippen molar-refractivity contribution < 1.29 is 14.3 Å². The lowest BCUT2D eigenvalue weighted by Crippen LogP contribution is -2.35. The summed E-state index contributed by atoms with van der Waals surface area (Å²) in [6.45, 7) is 0. The van der Waals surface area contributed by atoms with Gasteiger partial charge in [0.2, 0.25) is 0 Å². The quantitative estimate of drug-likeness (QED) is 0.809. The molecule has 3 rings (SSSR count). The Balaban J connectivity index is 1.78. The fourth-order valence-corrected chi connectivity index (χ4v) is 2.83. The van der Waals surface area contributed by atoms with Crippen molar-refractivity contribution in [3.8, 4) is 0 Å². The number of fused-ring (bicyclic) bond motifs is 1. The number of aromatic nitrogens is 3. The average molecular weight is 289 g/mol. The van der Waals surface area contributed by atoms with Crippen LogP contribution in [0.1, 0.15) is 36.0 Å². The van der Waals surface area contributed by atoms with Crippen LogP contribution in [0.15, 0.2) is 18.2 Å². The molecule has 1 aliphatic carbocycles. The Labute approximate surface area is 123 Å². The highest BCUT2D eigenvalue weighted by molar-refractivity contribution is 5.93. The molecule has 1 aromatic heterocycles. The molecule has 0 radical (unpaired) electrons. The lowest BCUT2D eigenvalue weighted by Gasteiger charge is -2.29. The lowest BCUT2D eigenvalue weighted by molar-refractivity contribution is -0.0539. The zero-order valence-corrected chi connectivity index (χ0v) is 12.3. The third kappa shape index (κ3) is 2.76. The first-order valence-corrected chi connectivity index (χ1v) is 7.22. The van der Waals surface area contributed by atoms with Crippen LogP contribution in [0.25, 0.3) is 11.0 Å². The largest absolute Gasteiger partial charge is 0.456 e. The molecule has 2 aromatic rings. The van der Waals surface area contributed by atoms with E-state index in [1.54, 1.807) is 37.0 Å². The summed E-state index contributed by atoms with van der Waals surface area (Å²) in [6.07, 6.45) is 3.85. The van der Waals surface area contributed by atoms with Crippen molar-refractivity contribution in [2.24, 2.45) is 7.05 Å². The van der Waals surface area contributed by atoms with E-state index in [-0.39, 0.29) is 18.2 Å². The summed E-state index contributed by atoms with van der Waals surface area (Å²) in [4.78, 5) is 12.3. The van der Waals surface area contributed by atoms with Crippen LogP contribution in [-0.2, 0) is 16.5 Å². The van der Waals surface area contributed by atoms with Gasteiger partial charge in [0.1, 0.15) is 11.6 Å². The van der Waals surface area contributed by atoms with Crippen molar-refractivity contribution in [1.29, 1.82) is 0 Å². The molecule has 21 heavy (non-hydrogen) atoms. The second kappa shape index (κ2) is 5.81. The summed E-state index contributed by atoms with van der Waals surface area (Å²) in [6, 6.07) is 5.28. The van der Waals surface area contributed by atoms with E-state index in [2.05, 4.69) is 10.3 Å². The molecule has 0 N–H and O–H groups in total. The average Bonchev–Trinajstić information content (AvgIpc) is 2.88. The second-order valence-electron chi connectivity index (χ2n) is 5.42. The number of benzene rings is 1. The molecule has 112 valence electrons. The van der Waals surface area contributed by atoms with Gasteiger partial charge in [-0.15, -0.1) is 5.10 Å². The third-order valence-corrected chi connectivity index (χ3v) is 4.05. The van der Waals surface area contributed by atoms with Gasteiger partial charge in [-0.1, -0.05) is 11.6 Å². The van der Waals surface area contributed by atoms with Crippen molar-refractivity contribution in [2.45, 2.75) is 37.9 Å².